The Hall–Kier alpha value is -3.35. The molecule has 0 bridgehead atoms. The van der Waals surface area contributed by atoms with Crippen LogP contribution in [-0.2, 0) is 6.54 Å². The van der Waals surface area contributed by atoms with Crippen molar-refractivity contribution in [1.82, 2.24) is 14.8 Å². The maximum atomic E-state index is 12.1. The van der Waals surface area contributed by atoms with Crippen molar-refractivity contribution in [2.45, 2.75) is 12.6 Å². The van der Waals surface area contributed by atoms with Crippen LogP contribution in [0.3, 0.4) is 0 Å². The topological polar surface area (TPSA) is 78.3 Å². The molecule has 1 N–H and O–H groups in total. The summed E-state index contributed by atoms with van der Waals surface area (Å²) in [5.41, 5.74) is 0.962. The lowest BCUT2D eigenvalue weighted by molar-refractivity contribution is 0.0759. The zero-order valence-electron chi connectivity index (χ0n) is 13.3. The SMILES string of the molecule is O=C(Nc1cnn(C[C@@H]2COc3ccccc3O2)c1)c1ccccn1. The third-order valence-electron chi connectivity index (χ3n) is 3.75. The van der Waals surface area contributed by atoms with Crippen LogP contribution in [0.1, 0.15) is 10.5 Å². The number of rotatable bonds is 4. The molecule has 0 radical (unpaired) electrons. The summed E-state index contributed by atoms with van der Waals surface area (Å²) < 4.78 is 13.3. The van der Waals surface area contributed by atoms with E-state index in [4.69, 9.17) is 9.47 Å². The van der Waals surface area contributed by atoms with Crippen LogP contribution in [-0.4, -0.2) is 33.4 Å². The molecule has 2 aromatic heterocycles. The highest BCUT2D eigenvalue weighted by atomic mass is 16.6. The zero-order valence-corrected chi connectivity index (χ0v) is 13.3. The third-order valence-corrected chi connectivity index (χ3v) is 3.75. The Morgan fingerprint density at radius 2 is 2.04 bits per heavy atom. The van der Waals surface area contributed by atoms with Gasteiger partial charge in [-0.15, -0.1) is 0 Å². The number of hydrogen-bond acceptors (Lipinski definition) is 5. The van der Waals surface area contributed by atoms with E-state index in [1.165, 1.54) is 0 Å². The Labute approximate surface area is 144 Å². The molecule has 1 aromatic carbocycles. The van der Waals surface area contributed by atoms with Gasteiger partial charge >= 0.3 is 0 Å². The highest BCUT2D eigenvalue weighted by Gasteiger charge is 2.21. The smallest absolute Gasteiger partial charge is 0.274 e. The van der Waals surface area contributed by atoms with E-state index in [1.807, 2.05) is 24.3 Å². The van der Waals surface area contributed by atoms with Gasteiger partial charge in [-0.1, -0.05) is 18.2 Å². The Morgan fingerprint density at radius 1 is 1.20 bits per heavy atom. The fraction of sp³-hybridized carbons (Fsp3) is 0.167. The van der Waals surface area contributed by atoms with Gasteiger partial charge in [-0.3, -0.25) is 14.5 Å². The molecule has 0 unspecified atom stereocenters. The van der Waals surface area contributed by atoms with E-state index in [2.05, 4.69) is 15.4 Å². The van der Waals surface area contributed by atoms with Crippen LogP contribution >= 0.6 is 0 Å². The number of hydrogen-bond donors (Lipinski definition) is 1. The summed E-state index contributed by atoms with van der Waals surface area (Å²) in [6.45, 7) is 0.973. The number of para-hydroxylation sites is 2. The van der Waals surface area contributed by atoms with Crippen LogP contribution in [0.2, 0.25) is 0 Å². The average Bonchev–Trinajstić information content (AvgIpc) is 3.09. The molecule has 126 valence electrons. The lowest BCUT2D eigenvalue weighted by atomic mass is 10.2. The van der Waals surface area contributed by atoms with Crippen molar-refractivity contribution in [2.75, 3.05) is 11.9 Å². The van der Waals surface area contributed by atoms with Gasteiger partial charge in [-0.25, -0.2) is 0 Å². The second-order valence-electron chi connectivity index (χ2n) is 5.62. The monoisotopic (exact) mass is 336 g/mol. The quantitative estimate of drug-likeness (QED) is 0.791. The largest absolute Gasteiger partial charge is 0.486 e. The van der Waals surface area contributed by atoms with E-state index >= 15 is 0 Å². The summed E-state index contributed by atoms with van der Waals surface area (Å²) in [6.07, 6.45) is 4.79. The minimum atomic E-state index is -0.272. The normalized spacial score (nSPS) is 15.6. The number of nitrogens with one attached hydrogen (secondary N) is 1. The number of carbonyl (C=O) groups is 1. The molecule has 0 aliphatic carbocycles. The van der Waals surface area contributed by atoms with Crippen LogP contribution in [0.5, 0.6) is 11.5 Å². The fourth-order valence-electron chi connectivity index (χ4n) is 2.58. The summed E-state index contributed by atoms with van der Waals surface area (Å²) in [7, 11) is 0. The molecule has 7 heteroatoms. The van der Waals surface area contributed by atoms with Gasteiger partial charge in [0.1, 0.15) is 12.3 Å². The third kappa shape index (κ3) is 3.45. The van der Waals surface area contributed by atoms with Crippen molar-refractivity contribution in [3.63, 3.8) is 0 Å². The van der Waals surface area contributed by atoms with Gasteiger partial charge in [0, 0.05) is 12.4 Å². The number of amides is 1. The van der Waals surface area contributed by atoms with Gasteiger partial charge < -0.3 is 14.8 Å². The van der Waals surface area contributed by atoms with Crippen molar-refractivity contribution in [2.24, 2.45) is 0 Å². The molecule has 0 spiro atoms. The Kier molecular flexibility index (Phi) is 4.04. The van der Waals surface area contributed by atoms with Gasteiger partial charge in [-0.2, -0.15) is 5.10 Å². The van der Waals surface area contributed by atoms with Gasteiger partial charge in [0.15, 0.2) is 17.6 Å². The number of anilines is 1. The van der Waals surface area contributed by atoms with E-state index < -0.39 is 0 Å². The number of pyridine rings is 1. The maximum Gasteiger partial charge on any atom is 0.274 e. The van der Waals surface area contributed by atoms with Gasteiger partial charge in [-0.05, 0) is 24.3 Å². The molecule has 3 aromatic rings. The molecule has 4 rings (SSSR count). The van der Waals surface area contributed by atoms with Crippen molar-refractivity contribution in [3.05, 3.63) is 66.7 Å². The van der Waals surface area contributed by atoms with Gasteiger partial charge in [0.2, 0.25) is 0 Å². The van der Waals surface area contributed by atoms with E-state index in [9.17, 15) is 4.79 Å². The number of carbonyl (C=O) groups excluding carboxylic acids is 1. The second kappa shape index (κ2) is 6.64. The first-order valence-corrected chi connectivity index (χ1v) is 7.91. The molecule has 3 heterocycles. The summed E-state index contributed by atoms with van der Waals surface area (Å²) in [6, 6.07) is 12.8. The fourth-order valence-corrected chi connectivity index (χ4v) is 2.58. The van der Waals surface area contributed by atoms with Crippen LogP contribution in [0.15, 0.2) is 61.1 Å². The van der Waals surface area contributed by atoms with E-state index in [-0.39, 0.29) is 12.0 Å². The molecule has 1 atom stereocenters. The van der Waals surface area contributed by atoms with Crippen LogP contribution in [0.25, 0.3) is 0 Å². The highest BCUT2D eigenvalue weighted by Crippen LogP contribution is 2.31. The molecule has 25 heavy (non-hydrogen) atoms. The Bertz CT molecular complexity index is 879. The van der Waals surface area contributed by atoms with Crippen molar-refractivity contribution >= 4 is 11.6 Å². The van der Waals surface area contributed by atoms with Crippen molar-refractivity contribution < 1.29 is 14.3 Å². The molecule has 0 saturated heterocycles. The molecular formula is C18H16N4O3. The average molecular weight is 336 g/mol. The first kappa shape index (κ1) is 15.2. The summed E-state index contributed by atoms with van der Waals surface area (Å²) in [5.74, 6) is 1.21. The number of nitrogens with zero attached hydrogens (tertiary/aromatic N) is 3. The van der Waals surface area contributed by atoms with E-state index in [0.717, 1.165) is 11.5 Å². The number of ether oxygens (including phenoxy) is 2. The minimum Gasteiger partial charge on any atom is -0.486 e. The summed E-state index contributed by atoms with van der Waals surface area (Å²) in [5, 5.41) is 7.03. The molecule has 1 amide bonds. The number of aromatic nitrogens is 3. The molecular weight excluding hydrogens is 320 g/mol. The van der Waals surface area contributed by atoms with E-state index in [1.54, 1.807) is 41.5 Å². The molecule has 0 saturated carbocycles. The summed E-state index contributed by atoms with van der Waals surface area (Å²) in [4.78, 5) is 16.1. The van der Waals surface area contributed by atoms with Crippen LogP contribution in [0.4, 0.5) is 5.69 Å². The highest BCUT2D eigenvalue weighted by molar-refractivity contribution is 6.02. The molecule has 1 aliphatic rings. The predicted octanol–water partition coefficient (Wildman–Crippen LogP) is 2.37. The first-order chi connectivity index (χ1) is 12.3. The van der Waals surface area contributed by atoms with Gasteiger partial charge in [0.25, 0.3) is 5.91 Å². The van der Waals surface area contributed by atoms with Crippen molar-refractivity contribution in [1.29, 1.82) is 0 Å². The number of benzene rings is 1. The Morgan fingerprint density at radius 3 is 2.88 bits per heavy atom. The summed E-state index contributed by atoms with van der Waals surface area (Å²) >= 11 is 0. The van der Waals surface area contributed by atoms with Crippen molar-refractivity contribution in [3.8, 4) is 11.5 Å². The predicted molar refractivity (Wildman–Crippen MR) is 90.8 cm³/mol. The van der Waals surface area contributed by atoms with Crippen LogP contribution in [0, 0.1) is 0 Å². The first-order valence-electron chi connectivity index (χ1n) is 7.91. The Balaban J connectivity index is 1.38. The molecule has 7 nitrogen and oxygen atoms in total. The standard InChI is InChI=1S/C18H16N4O3/c23-18(15-5-3-4-8-19-15)21-13-9-20-22(10-13)11-14-12-24-16-6-1-2-7-17(16)25-14/h1-10,14H,11-12H2,(H,21,23)/t14-/m1/s1. The lowest BCUT2D eigenvalue weighted by Crippen LogP contribution is -2.33. The van der Waals surface area contributed by atoms with E-state index in [0.29, 0.717) is 24.5 Å². The maximum absolute atomic E-state index is 12.1. The minimum absolute atomic E-state index is 0.144. The second-order valence-corrected chi connectivity index (χ2v) is 5.62. The molecule has 0 fully saturated rings. The molecule has 1 aliphatic heterocycles. The number of fused-ring (bicyclic) bond motifs is 1. The zero-order chi connectivity index (χ0) is 17.1. The lowest BCUT2D eigenvalue weighted by Gasteiger charge is -2.26. The van der Waals surface area contributed by atoms with Gasteiger partial charge in [0.05, 0.1) is 18.4 Å². The van der Waals surface area contributed by atoms with Crippen LogP contribution < -0.4 is 14.8 Å².